The predicted molar refractivity (Wildman–Crippen MR) is 62.4 cm³/mol. The molecule has 1 aliphatic carbocycles. The second kappa shape index (κ2) is 4.97. The largest absolute Gasteiger partial charge is 0.351 e. The number of nitrogens with two attached hydrogens (primary N) is 1. The summed E-state index contributed by atoms with van der Waals surface area (Å²) >= 11 is 0. The summed E-state index contributed by atoms with van der Waals surface area (Å²) in [5.41, 5.74) is 5.56. The maximum Gasteiger partial charge on any atom is 0.220 e. The van der Waals surface area contributed by atoms with Gasteiger partial charge < -0.3 is 11.1 Å². The van der Waals surface area contributed by atoms with Crippen molar-refractivity contribution in [2.75, 3.05) is 6.54 Å². The molecule has 1 saturated carbocycles. The minimum Gasteiger partial charge on any atom is -0.351 e. The fourth-order valence-corrected chi connectivity index (χ4v) is 1.97. The molecule has 15 heavy (non-hydrogen) atoms. The number of nitrogens with one attached hydrogen (secondary N) is 1. The van der Waals surface area contributed by atoms with E-state index >= 15 is 0 Å². The van der Waals surface area contributed by atoms with Gasteiger partial charge in [-0.3, -0.25) is 4.79 Å². The number of amides is 1. The molecular weight excluding hydrogens is 188 g/mol. The van der Waals surface area contributed by atoms with E-state index in [0.717, 1.165) is 6.42 Å². The van der Waals surface area contributed by atoms with Gasteiger partial charge in [0, 0.05) is 12.0 Å². The summed E-state index contributed by atoms with van der Waals surface area (Å²) in [6.07, 6.45) is 4.06. The molecular formula is C12H24N2O. The summed E-state index contributed by atoms with van der Waals surface area (Å²) in [5, 5.41) is 3.12. The number of rotatable bonds is 6. The van der Waals surface area contributed by atoms with Crippen LogP contribution in [-0.2, 0) is 4.79 Å². The molecule has 0 spiro atoms. The molecule has 88 valence electrons. The molecule has 0 radical (unpaired) electrons. The van der Waals surface area contributed by atoms with Gasteiger partial charge in [-0.15, -0.1) is 0 Å². The lowest BCUT2D eigenvalue weighted by molar-refractivity contribution is -0.123. The fraction of sp³-hybridized carbons (Fsp3) is 0.917. The quantitative estimate of drug-likeness (QED) is 0.703. The molecule has 0 heterocycles. The van der Waals surface area contributed by atoms with E-state index in [4.69, 9.17) is 5.73 Å². The summed E-state index contributed by atoms with van der Waals surface area (Å²) in [7, 11) is 0. The maximum absolute atomic E-state index is 11.8. The molecule has 1 atom stereocenters. The summed E-state index contributed by atoms with van der Waals surface area (Å²) in [6.45, 7) is 6.92. The van der Waals surface area contributed by atoms with Crippen molar-refractivity contribution < 1.29 is 4.79 Å². The Labute approximate surface area is 92.8 Å². The van der Waals surface area contributed by atoms with Crippen molar-refractivity contribution in [2.24, 2.45) is 17.6 Å². The third-order valence-electron chi connectivity index (χ3n) is 3.44. The van der Waals surface area contributed by atoms with Crippen molar-refractivity contribution in [3.8, 4) is 0 Å². The molecule has 1 aliphatic rings. The molecule has 0 aromatic heterocycles. The number of hydrogen-bond donors (Lipinski definition) is 2. The Balaban J connectivity index is 2.34. The molecule has 3 N–H and O–H groups in total. The molecule has 0 aromatic rings. The van der Waals surface area contributed by atoms with E-state index < -0.39 is 0 Å². The van der Waals surface area contributed by atoms with Crippen molar-refractivity contribution >= 4 is 5.91 Å². The predicted octanol–water partition coefficient (Wildman–Crippen LogP) is 1.67. The summed E-state index contributed by atoms with van der Waals surface area (Å²) < 4.78 is 0. The zero-order valence-electron chi connectivity index (χ0n) is 10.2. The van der Waals surface area contributed by atoms with Crippen molar-refractivity contribution in [1.29, 1.82) is 0 Å². The number of carbonyl (C=O) groups excluding carboxylic acids is 1. The van der Waals surface area contributed by atoms with Crippen LogP contribution >= 0.6 is 0 Å². The van der Waals surface area contributed by atoms with Crippen molar-refractivity contribution in [3.63, 3.8) is 0 Å². The highest BCUT2D eigenvalue weighted by Gasteiger charge is 2.38. The van der Waals surface area contributed by atoms with Gasteiger partial charge in [0.05, 0.1) is 0 Å². The van der Waals surface area contributed by atoms with Crippen molar-refractivity contribution in [3.05, 3.63) is 0 Å². The van der Waals surface area contributed by atoms with Gasteiger partial charge in [0.25, 0.3) is 0 Å². The Kier molecular flexibility index (Phi) is 4.14. The molecule has 3 heteroatoms. The number of hydrogen-bond acceptors (Lipinski definition) is 2. The van der Waals surface area contributed by atoms with Crippen LogP contribution in [0.3, 0.4) is 0 Å². The average Bonchev–Trinajstić information content (AvgIpc) is 2.96. The van der Waals surface area contributed by atoms with Crippen molar-refractivity contribution in [2.45, 2.75) is 52.0 Å². The van der Waals surface area contributed by atoms with Gasteiger partial charge in [0.1, 0.15) is 0 Å². The highest BCUT2D eigenvalue weighted by atomic mass is 16.1. The van der Waals surface area contributed by atoms with Gasteiger partial charge in [0.15, 0.2) is 0 Å². The van der Waals surface area contributed by atoms with Crippen LogP contribution in [0.25, 0.3) is 0 Å². The second-order valence-electron chi connectivity index (χ2n) is 5.26. The van der Waals surface area contributed by atoms with Crippen LogP contribution in [0.15, 0.2) is 0 Å². The molecule has 1 rings (SSSR count). The highest BCUT2D eigenvalue weighted by molar-refractivity contribution is 5.77. The number of carbonyl (C=O) groups is 1. The molecule has 0 saturated heterocycles. The van der Waals surface area contributed by atoms with E-state index in [1.165, 1.54) is 12.8 Å². The molecule has 0 bridgehead atoms. The van der Waals surface area contributed by atoms with Gasteiger partial charge in [-0.05, 0) is 45.1 Å². The lowest BCUT2D eigenvalue weighted by Crippen LogP contribution is -2.46. The van der Waals surface area contributed by atoms with Crippen LogP contribution in [0.2, 0.25) is 0 Å². The maximum atomic E-state index is 11.8. The highest BCUT2D eigenvalue weighted by Crippen LogP contribution is 2.39. The molecule has 1 amide bonds. The molecule has 0 aromatic carbocycles. The van der Waals surface area contributed by atoms with Crippen LogP contribution < -0.4 is 11.1 Å². The fourth-order valence-electron chi connectivity index (χ4n) is 1.97. The van der Waals surface area contributed by atoms with E-state index in [1.54, 1.807) is 0 Å². The van der Waals surface area contributed by atoms with Gasteiger partial charge >= 0.3 is 0 Å². The third kappa shape index (κ3) is 3.82. The van der Waals surface area contributed by atoms with E-state index in [2.05, 4.69) is 26.1 Å². The van der Waals surface area contributed by atoms with Gasteiger partial charge in [-0.2, -0.15) is 0 Å². The minimum absolute atomic E-state index is 0.0238. The summed E-state index contributed by atoms with van der Waals surface area (Å²) in [5.74, 6) is 1.17. The Morgan fingerprint density at radius 1 is 1.53 bits per heavy atom. The topological polar surface area (TPSA) is 55.1 Å². The first-order valence-electron chi connectivity index (χ1n) is 6.00. The Bertz CT molecular complexity index is 218. The van der Waals surface area contributed by atoms with Gasteiger partial charge in [-0.1, -0.05) is 13.3 Å². The second-order valence-corrected chi connectivity index (χ2v) is 5.26. The van der Waals surface area contributed by atoms with E-state index in [1.807, 2.05) is 0 Å². The lowest BCUT2D eigenvalue weighted by Gasteiger charge is -2.27. The van der Waals surface area contributed by atoms with Crippen LogP contribution in [0.5, 0.6) is 0 Å². The standard InChI is InChI=1S/C12H24N2O/c1-4-9(8-13)7-11(15)14-12(2,3)10-5-6-10/h9-10H,4-8,13H2,1-3H3,(H,14,15). The lowest BCUT2D eigenvalue weighted by atomic mass is 9.96. The Morgan fingerprint density at radius 2 is 2.13 bits per heavy atom. The first-order valence-corrected chi connectivity index (χ1v) is 6.00. The van der Waals surface area contributed by atoms with E-state index in [0.29, 0.717) is 24.8 Å². The van der Waals surface area contributed by atoms with Crippen LogP contribution in [0.1, 0.15) is 46.5 Å². The molecule has 0 aliphatic heterocycles. The van der Waals surface area contributed by atoms with Gasteiger partial charge in [-0.25, -0.2) is 0 Å². The van der Waals surface area contributed by atoms with E-state index in [-0.39, 0.29) is 11.4 Å². The normalized spacial score (nSPS) is 18.7. The summed E-state index contributed by atoms with van der Waals surface area (Å²) in [6, 6.07) is 0. The Morgan fingerprint density at radius 3 is 2.53 bits per heavy atom. The summed E-state index contributed by atoms with van der Waals surface area (Å²) in [4.78, 5) is 11.8. The van der Waals surface area contributed by atoms with Crippen LogP contribution in [-0.4, -0.2) is 18.0 Å². The average molecular weight is 212 g/mol. The zero-order chi connectivity index (χ0) is 11.5. The SMILES string of the molecule is CCC(CN)CC(=O)NC(C)(C)C1CC1. The molecule has 1 fully saturated rings. The van der Waals surface area contributed by atoms with Crippen LogP contribution in [0, 0.1) is 11.8 Å². The first-order chi connectivity index (χ1) is 6.99. The van der Waals surface area contributed by atoms with E-state index in [9.17, 15) is 4.79 Å². The molecule has 1 unspecified atom stereocenters. The smallest absolute Gasteiger partial charge is 0.220 e. The zero-order valence-corrected chi connectivity index (χ0v) is 10.2. The van der Waals surface area contributed by atoms with Crippen molar-refractivity contribution in [1.82, 2.24) is 5.32 Å². The van der Waals surface area contributed by atoms with Gasteiger partial charge in [0.2, 0.25) is 5.91 Å². The monoisotopic (exact) mass is 212 g/mol. The minimum atomic E-state index is -0.0238. The third-order valence-corrected chi connectivity index (χ3v) is 3.44. The first kappa shape index (κ1) is 12.5. The Hall–Kier alpha value is -0.570. The van der Waals surface area contributed by atoms with Crippen LogP contribution in [0.4, 0.5) is 0 Å². The molecule has 3 nitrogen and oxygen atoms in total.